The molecule has 9 heteroatoms. The van der Waals surface area contributed by atoms with Gasteiger partial charge in [-0.3, -0.25) is 9.78 Å². The topological polar surface area (TPSA) is 60.5 Å². The van der Waals surface area contributed by atoms with E-state index in [4.69, 9.17) is 0 Å². The fourth-order valence-corrected chi connectivity index (χ4v) is 4.53. The number of piperidine rings is 1. The highest BCUT2D eigenvalue weighted by Crippen LogP contribution is 2.40. The third kappa shape index (κ3) is 5.51. The zero-order valence-corrected chi connectivity index (χ0v) is 20.1. The second-order valence-corrected chi connectivity index (χ2v) is 9.02. The highest BCUT2D eigenvalue weighted by molar-refractivity contribution is 6.01. The van der Waals surface area contributed by atoms with Crippen LogP contribution in [0.15, 0.2) is 48.7 Å². The summed E-state index contributed by atoms with van der Waals surface area (Å²) in [6.07, 6.45) is -1.77. The van der Waals surface area contributed by atoms with Crippen LogP contribution >= 0.6 is 0 Å². The van der Waals surface area contributed by atoms with Crippen LogP contribution in [0.3, 0.4) is 0 Å². The average molecular weight is 486 g/mol. The van der Waals surface area contributed by atoms with Gasteiger partial charge in [-0.2, -0.15) is 13.2 Å². The third-order valence-electron chi connectivity index (χ3n) is 6.36. The molecular formula is C26H30F3N5O. The zero-order chi connectivity index (χ0) is 25.2. The van der Waals surface area contributed by atoms with E-state index >= 15 is 0 Å². The van der Waals surface area contributed by atoms with Gasteiger partial charge in [-0.05, 0) is 50.2 Å². The zero-order valence-electron chi connectivity index (χ0n) is 20.1. The minimum atomic E-state index is -4.57. The van der Waals surface area contributed by atoms with Gasteiger partial charge < -0.3 is 20.4 Å². The number of carbonyl (C=O) groups excluding carboxylic acids is 1. The molecule has 186 valence electrons. The average Bonchev–Trinajstić information content (AvgIpc) is 2.83. The quantitative estimate of drug-likeness (QED) is 0.498. The number of pyridine rings is 1. The summed E-state index contributed by atoms with van der Waals surface area (Å²) in [5, 5.41) is 6.45. The number of likely N-dealkylation sites (N-methyl/N-ethyl adjacent to an activating group) is 1. The van der Waals surface area contributed by atoms with Crippen LogP contribution in [0.2, 0.25) is 0 Å². The maximum atomic E-state index is 13.8. The number of fused-ring (bicyclic) bond motifs is 1. The number of hydrogen-bond donors (Lipinski definition) is 2. The molecule has 2 heterocycles. The Kier molecular flexibility index (Phi) is 7.16. The molecule has 0 spiro atoms. The first-order valence-electron chi connectivity index (χ1n) is 11.7. The molecular weight excluding hydrogens is 455 g/mol. The summed E-state index contributed by atoms with van der Waals surface area (Å²) < 4.78 is 41.4. The van der Waals surface area contributed by atoms with Crippen molar-refractivity contribution in [3.63, 3.8) is 0 Å². The number of hydrogen-bond acceptors (Lipinski definition) is 5. The van der Waals surface area contributed by atoms with Crippen LogP contribution in [0.1, 0.15) is 35.7 Å². The number of amides is 1. The molecule has 1 fully saturated rings. The first-order valence-corrected chi connectivity index (χ1v) is 11.7. The Morgan fingerprint density at radius 1 is 1.20 bits per heavy atom. The molecule has 2 aromatic carbocycles. The molecule has 6 nitrogen and oxygen atoms in total. The molecule has 1 amide bonds. The standard InChI is InChI=1S/C26H30F3N5O/c1-4-34-13-7-8-18(16-34)32-25(35)20-12-11-17(14-23(20)33(2)3)31-24-19-9-5-6-10-22(19)30-15-21(24)26(27,28)29/h5-6,9-12,14-15,18H,4,7-8,13,16H2,1-3H3,(H,30,31)(H,32,35). The SMILES string of the molecule is CCN1CCCC(NC(=O)c2ccc(Nc3c(C(F)(F)F)cnc4ccccc34)cc2N(C)C)C1. The molecule has 1 aliphatic heterocycles. The maximum Gasteiger partial charge on any atom is 0.419 e. The first-order chi connectivity index (χ1) is 16.7. The third-order valence-corrected chi connectivity index (χ3v) is 6.36. The van der Waals surface area contributed by atoms with Gasteiger partial charge in [0.1, 0.15) is 0 Å². The van der Waals surface area contributed by atoms with Gasteiger partial charge in [0.2, 0.25) is 0 Å². The summed E-state index contributed by atoms with van der Waals surface area (Å²) in [4.78, 5) is 21.2. The summed E-state index contributed by atoms with van der Waals surface area (Å²) in [5.41, 5.74) is 1.09. The van der Waals surface area contributed by atoms with Crippen LogP contribution in [-0.2, 0) is 6.18 Å². The highest BCUT2D eigenvalue weighted by atomic mass is 19.4. The summed E-state index contributed by atoms with van der Waals surface area (Å²) >= 11 is 0. The maximum absolute atomic E-state index is 13.8. The van der Waals surface area contributed by atoms with Crippen molar-refractivity contribution < 1.29 is 18.0 Å². The molecule has 3 aromatic rings. The van der Waals surface area contributed by atoms with Crippen molar-refractivity contribution in [1.82, 2.24) is 15.2 Å². The van der Waals surface area contributed by atoms with Gasteiger partial charge in [0.05, 0.1) is 28.0 Å². The fourth-order valence-electron chi connectivity index (χ4n) is 4.53. The van der Waals surface area contributed by atoms with Gasteiger partial charge in [0, 0.05) is 44.0 Å². The Morgan fingerprint density at radius 2 is 1.97 bits per heavy atom. The molecule has 0 bridgehead atoms. The lowest BCUT2D eigenvalue weighted by Gasteiger charge is -2.32. The lowest BCUT2D eigenvalue weighted by atomic mass is 10.0. The lowest BCUT2D eigenvalue weighted by Crippen LogP contribution is -2.47. The molecule has 2 N–H and O–H groups in total. The first kappa shape index (κ1) is 24.8. The van der Waals surface area contributed by atoms with Gasteiger partial charge in [0.15, 0.2) is 0 Å². The summed E-state index contributed by atoms with van der Waals surface area (Å²) in [5.74, 6) is -0.187. The summed E-state index contributed by atoms with van der Waals surface area (Å²) in [6, 6.07) is 11.8. The van der Waals surface area contributed by atoms with E-state index in [-0.39, 0.29) is 17.6 Å². The number of likely N-dealkylation sites (tertiary alicyclic amines) is 1. The van der Waals surface area contributed by atoms with Crippen molar-refractivity contribution in [2.45, 2.75) is 32.0 Å². The molecule has 0 aliphatic carbocycles. The van der Waals surface area contributed by atoms with Gasteiger partial charge in [-0.25, -0.2) is 0 Å². The normalized spacial score (nSPS) is 16.8. The van der Waals surface area contributed by atoms with Crippen molar-refractivity contribution in [2.24, 2.45) is 0 Å². The number of nitrogens with zero attached hydrogens (tertiary/aromatic N) is 3. The highest BCUT2D eigenvalue weighted by Gasteiger charge is 2.35. The minimum absolute atomic E-state index is 0.0631. The molecule has 1 unspecified atom stereocenters. The lowest BCUT2D eigenvalue weighted by molar-refractivity contribution is -0.137. The molecule has 0 saturated carbocycles. The van der Waals surface area contributed by atoms with Gasteiger partial charge in [-0.15, -0.1) is 0 Å². The van der Waals surface area contributed by atoms with Crippen molar-refractivity contribution in [3.8, 4) is 0 Å². The van der Waals surface area contributed by atoms with E-state index < -0.39 is 11.7 Å². The van der Waals surface area contributed by atoms with Crippen molar-refractivity contribution in [2.75, 3.05) is 43.9 Å². The van der Waals surface area contributed by atoms with Crippen molar-refractivity contribution >= 4 is 33.9 Å². The molecule has 4 rings (SSSR count). The van der Waals surface area contributed by atoms with Gasteiger partial charge >= 0.3 is 6.18 Å². The van der Waals surface area contributed by atoms with Crippen molar-refractivity contribution in [1.29, 1.82) is 0 Å². The molecule has 1 atom stereocenters. The number of aromatic nitrogens is 1. The second kappa shape index (κ2) is 10.1. The Hall–Kier alpha value is -3.33. The van der Waals surface area contributed by atoms with Crippen molar-refractivity contribution in [3.05, 3.63) is 59.8 Å². The van der Waals surface area contributed by atoms with Crippen LogP contribution in [0, 0.1) is 0 Å². The predicted molar refractivity (Wildman–Crippen MR) is 133 cm³/mol. The number of rotatable bonds is 6. The largest absolute Gasteiger partial charge is 0.419 e. The Labute approximate surface area is 203 Å². The number of anilines is 3. The van der Waals surface area contributed by atoms with Gasteiger partial charge in [0.25, 0.3) is 5.91 Å². The number of benzene rings is 2. The van der Waals surface area contributed by atoms with E-state index in [0.29, 0.717) is 27.8 Å². The Morgan fingerprint density at radius 3 is 2.69 bits per heavy atom. The van der Waals surface area contributed by atoms with E-state index in [9.17, 15) is 18.0 Å². The van der Waals surface area contributed by atoms with Gasteiger partial charge in [-0.1, -0.05) is 25.1 Å². The number of carbonyl (C=O) groups is 1. The predicted octanol–water partition coefficient (Wildman–Crippen LogP) is 5.28. The number of para-hydroxylation sites is 1. The summed E-state index contributed by atoms with van der Waals surface area (Å²) in [7, 11) is 3.61. The number of alkyl halides is 3. The molecule has 0 radical (unpaired) electrons. The monoisotopic (exact) mass is 485 g/mol. The van der Waals surface area contributed by atoms with Crippen LogP contribution in [0.4, 0.5) is 30.2 Å². The molecule has 1 saturated heterocycles. The smallest absolute Gasteiger partial charge is 0.377 e. The van der Waals surface area contributed by atoms with E-state index in [1.807, 2.05) is 0 Å². The fraction of sp³-hybridized carbons (Fsp3) is 0.385. The van der Waals surface area contributed by atoms with E-state index in [1.165, 1.54) is 0 Å². The molecule has 1 aromatic heterocycles. The second-order valence-electron chi connectivity index (χ2n) is 9.02. The summed E-state index contributed by atoms with van der Waals surface area (Å²) in [6.45, 7) is 4.90. The van der Waals surface area contributed by atoms with E-state index in [0.717, 1.165) is 38.7 Å². The minimum Gasteiger partial charge on any atom is -0.377 e. The molecule has 35 heavy (non-hydrogen) atoms. The van der Waals surface area contributed by atoms with Crippen LogP contribution < -0.4 is 15.5 Å². The Balaban J connectivity index is 1.65. The number of halogens is 3. The van der Waals surface area contributed by atoms with Crippen LogP contribution in [-0.4, -0.2) is 55.6 Å². The van der Waals surface area contributed by atoms with E-state index in [2.05, 4.69) is 27.4 Å². The van der Waals surface area contributed by atoms with Crippen LogP contribution in [0.5, 0.6) is 0 Å². The van der Waals surface area contributed by atoms with E-state index in [1.54, 1.807) is 61.5 Å². The molecule has 1 aliphatic rings. The Bertz CT molecular complexity index is 1210. The van der Waals surface area contributed by atoms with Crippen LogP contribution in [0.25, 0.3) is 10.9 Å². The number of nitrogens with one attached hydrogen (secondary N) is 2.